The predicted molar refractivity (Wildman–Crippen MR) is 103 cm³/mol. The topological polar surface area (TPSA) is 127 Å². The number of anilines is 1. The molecule has 5 heterocycles. The molecule has 0 spiro atoms. The molecule has 148 valence electrons. The van der Waals surface area contributed by atoms with E-state index in [4.69, 9.17) is 4.74 Å². The standard InChI is InChI=1S/C19H18N6O4/c1-20-16-5-13(23-18-12(19(27)28)7-22-25(16)18)11-6-21-17-10(11)3-2-4-24(17)14-8-29-9-15(14)26/h2-7,14-15,20,26H,8-9H2,1H3,(H,27,28)/t14-,15-/m0/s1. The molecule has 10 heteroatoms. The van der Waals surface area contributed by atoms with Crippen molar-refractivity contribution in [3.05, 3.63) is 42.4 Å². The SMILES string of the molecule is CNc1cc(-c2cnc3n([C@H]4COC[C@@H]4O)cccc2-3)nc2c(C(=O)O)cnn12. The van der Waals surface area contributed by atoms with Crippen molar-refractivity contribution in [2.45, 2.75) is 12.1 Å². The van der Waals surface area contributed by atoms with Gasteiger partial charge in [0.05, 0.1) is 31.1 Å². The summed E-state index contributed by atoms with van der Waals surface area (Å²) in [7, 11) is 1.73. The zero-order valence-corrected chi connectivity index (χ0v) is 15.5. The number of aliphatic hydroxyl groups excluding tert-OH is 1. The summed E-state index contributed by atoms with van der Waals surface area (Å²) in [5.74, 6) is 0.220. The second-order valence-corrected chi connectivity index (χ2v) is 6.87. The third kappa shape index (κ3) is 2.64. The summed E-state index contributed by atoms with van der Waals surface area (Å²) in [4.78, 5) is 20.7. The number of nitrogens with zero attached hydrogens (tertiary/aromatic N) is 5. The maximum Gasteiger partial charge on any atom is 0.341 e. The smallest absolute Gasteiger partial charge is 0.341 e. The molecule has 0 amide bonds. The zero-order valence-electron chi connectivity index (χ0n) is 15.5. The summed E-state index contributed by atoms with van der Waals surface area (Å²) in [6.45, 7) is 0.712. The van der Waals surface area contributed by atoms with E-state index in [0.717, 1.165) is 11.1 Å². The Balaban J connectivity index is 1.66. The van der Waals surface area contributed by atoms with Gasteiger partial charge in [0.1, 0.15) is 23.3 Å². The van der Waals surface area contributed by atoms with Gasteiger partial charge in [-0.15, -0.1) is 0 Å². The second kappa shape index (κ2) is 6.54. The molecule has 3 N–H and O–H groups in total. The van der Waals surface area contributed by atoms with E-state index in [0.29, 0.717) is 30.5 Å². The molecule has 3 aliphatic heterocycles. The Bertz CT molecular complexity index is 1200. The lowest BCUT2D eigenvalue weighted by atomic mass is 10.1. The molecular formula is C19H18N6O4. The number of hydrogen-bond donors (Lipinski definition) is 3. The van der Waals surface area contributed by atoms with Crippen molar-refractivity contribution in [1.29, 1.82) is 0 Å². The number of fused-ring (bicyclic) bond motifs is 2. The number of ether oxygens (including phenoxy) is 1. The van der Waals surface area contributed by atoms with Crippen LogP contribution in [0.2, 0.25) is 0 Å². The van der Waals surface area contributed by atoms with Crippen LogP contribution in [0.3, 0.4) is 0 Å². The highest BCUT2D eigenvalue weighted by molar-refractivity contribution is 5.95. The minimum Gasteiger partial charge on any atom is -0.477 e. The van der Waals surface area contributed by atoms with Gasteiger partial charge >= 0.3 is 5.97 Å². The van der Waals surface area contributed by atoms with E-state index in [1.807, 2.05) is 22.9 Å². The molecule has 10 nitrogen and oxygen atoms in total. The first-order valence-electron chi connectivity index (χ1n) is 9.10. The lowest BCUT2D eigenvalue weighted by Crippen LogP contribution is -2.23. The summed E-state index contributed by atoms with van der Waals surface area (Å²) >= 11 is 0. The van der Waals surface area contributed by atoms with Gasteiger partial charge in [-0.05, 0) is 12.1 Å². The Hall–Kier alpha value is -3.50. The first-order valence-corrected chi connectivity index (χ1v) is 9.10. The molecule has 0 bridgehead atoms. The monoisotopic (exact) mass is 394 g/mol. The molecule has 2 atom stereocenters. The van der Waals surface area contributed by atoms with Gasteiger partial charge in [0.25, 0.3) is 0 Å². The van der Waals surface area contributed by atoms with Gasteiger partial charge in [0, 0.05) is 36.6 Å². The van der Waals surface area contributed by atoms with Crippen molar-refractivity contribution >= 4 is 17.4 Å². The van der Waals surface area contributed by atoms with E-state index in [2.05, 4.69) is 20.4 Å². The second-order valence-electron chi connectivity index (χ2n) is 6.87. The number of nitrogens with one attached hydrogen (secondary N) is 1. The lowest BCUT2D eigenvalue weighted by Gasteiger charge is -2.20. The van der Waals surface area contributed by atoms with Gasteiger partial charge in [-0.1, -0.05) is 0 Å². The van der Waals surface area contributed by atoms with Gasteiger partial charge in [0.2, 0.25) is 0 Å². The molecule has 0 radical (unpaired) electrons. The number of hydrogen-bond acceptors (Lipinski definition) is 7. The molecule has 5 rings (SSSR count). The highest BCUT2D eigenvalue weighted by Crippen LogP contribution is 2.36. The summed E-state index contributed by atoms with van der Waals surface area (Å²) < 4.78 is 8.75. The summed E-state index contributed by atoms with van der Waals surface area (Å²) in [5.41, 5.74) is 2.46. The van der Waals surface area contributed by atoms with E-state index in [1.54, 1.807) is 19.3 Å². The van der Waals surface area contributed by atoms with Crippen LogP contribution in [0.25, 0.3) is 28.3 Å². The molecule has 1 fully saturated rings. The summed E-state index contributed by atoms with van der Waals surface area (Å²) in [6, 6.07) is 5.40. The number of carboxylic acids is 1. The summed E-state index contributed by atoms with van der Waals surface area (Å²) in [6.07, 6.45) is 4.27. The highest BCUT2D eigenvalue weighted by atomic mass is 16.5. The maximum atomic E-state index is 11.5. The largest absolute Gasteiger partial charge is 0.477 e. The van der Waals surface area contributed by atoms with Crippen LogP contribution < -0.4 is 5.32 Å². The number of aromatic nitrogens is 5. The van der Waals surface area contributed by atoms with Crippen molar-refractivity contribution in [1.82, 2.24) is 24.1 Å². The molecule has 3 aliphatic rings. The molecule has 2 aromatic rings. The zero-order chi connectivity index (χ0) is 20.1. The van der Waals surface area contributed by atoms with E-state index in [9.17, 15) is 15.0 Å². The minimum absolute atomic E-state index is 0.0217. The Morgan fingerprint density at radius 2 is 2.17 bits per heavy atom. The molecule has 0 saturated carbocycles. The fourth-order valence-corrected chi connectivity index (χ4v) is 3.76. The molecule has 2 aromatic heterocycles. The molecular weight excluding hydrogens is 376 g/mol. The van der Waals surface area contributed by atoms with E-state index in [-0.39, 0.29) is 17.3 Å². The number of carboxylic acid groups (broad SMARTS) is 1. The quantitative estimate of drug-likeness (QED) is 0.474. The van der Waals surface area contributed by atoms with Crippen LogP contribution in [0.4, 0.5) is 5.82 Å². The van der Waals surface area contributed by atoms with Gasteiger partial charge < -0.3 is 24.8 Å². The van der Waals surface area contributed by atoms with Crippen LogP contribution in [0.15, 0.2) is 36.8 Å². The Kier molecular flexibility index (Phi) is 3.96. The van der Waals surface area contributed by atoms with Crippen molar-refractivity contribution < 1.29 is 19.7 Å². The first-order chi connectivity index (χ1) is 14.1. The number of aromatic carboxylic acids is 1. The third-order valence-electron chi connectivity index (χ3n) is 5.21. The molecule has 29 heavy (non-hydrogen) atoms. The van der Waals surface area contributed by atoms with E-state index < -0.39 is 12.1 Å². The van der Waals surface area contributed by atoms with Crippen molar-refractivity contribution in [2.24, 2.45) is 0 Å². The summed E-state index contributed by atoms with van der Waals surface area (Å²) in [5, 5.41) is 26.8. The van der Waals surface area contributed by atoms with Crippen molar-refractivity contribution in [3.8, 4) is 22.6 Å². The molecule has 1 saturated heterocycles. The lowest BCUT2D eigenvalue weighted by molar-refractivity contribution is 0.0698. The van der Waals surface area contributed by atoms with Gasteiger partial charge in [-0.3, -0.25) is 0 Å². The number of rotatable bonds is 4. The van der Waals surface area contributed by atoms with Crippen LogP contribution in [0.1, 0.15) is 16.4 Å². The highest BCUT2D eigenvalue weighted by Gasteiger charge is 2.30. The average molecular weight is 394 g/mol. The number of aliphatic hydroxyl groups is 1. The van der Waals surface area contributed by atoms with E-state index >= 15 is 0 Å². The molecule has 0 aromatic carbocycles. The van der Waals surface area contributed by atoms with Gasteiger partial charge in [0.15, 0.2) is 5.65 Å². The fraction of sp³-hybridized carbons (Fsp3) is 0.263. The fourth-order valence-electron chi connectivity index (χ4n) is 3.76. The number of pyridine rings is 1. The van der Waals surface area contributed by atoms with Gasteiger partial charge in [-0.25, -0.2) is 14.8 Å². The normalized spacial score (nSPS) is 19.2. The maximum absolute atomic E-state index is 11.5. The van der Waals surface area contributed by atoms with E-state index in [1.165, 1.54) is 10.7 Å². The predicted octanol–water partition coefficient (Wildman–Crippen LogP) is 1.37. The van der Waals surface area contributed by atoms with Crippen molar-refractivity contribution in [2.75, 3.05) is 25.6 Å². The average Bonchev–Trinajstić information content (AvgIpc) is 3.44. The van der Waals surface area contributed by atoms with Crippen LogP contribution in [-0.4, -0.2) is 66.7 Å². The molecule has 0 aliphatic carbocycles. The minimum atomic E-state index is -1.09. The Morgan fingerprint density at radius 3 is 2.90 bits per heavy atom. The Morgan fingerprint density at radius 1 is 1.31 bits per heavy atom. The van der Waals surface area contributed by atoms with Gasteiger partial charge in [-0.2, -0.15) is 9.61 Å². The van der Waals surface area contributed by atoms with Crippen LogP contribution in [0, 0.1) is 0 Å². The van der Waals surface area contributed by atoms with Crippen LogP contribution in [-0.2, 0) is 4.74 Å². The number of carbonyl (C=O) groups is 1. The molecule has 0 unspecified atom stereocenters. The Labute approximate surface area is 164 Å². The first kappa shape index (κ1) is 17.6. The van der Waals surface area contributed by atoms with Crippen LogP contribution >= 0.6 is 0 Å². The van der Waals surface area contributed by atoms with Crippen molar-refractivity contribution in [3.63, 3.8) is 0 Å². The van der Waals surface area contributed by atoms with Crippen LogP contribution in [0.5, 0.6) is 0 Å². The third-order valence-corrected chi connectivity index (χ3v) is 5.21.